The highest BCUT2D eigenvalue weighted by Crippen LogP contribution is 2.17. The van der Waals surface area contributed by atoms with E-state index < -0.39 is 0 Å². The molecular weight excluding hydrogens is 162 g/mol. The Bertz CT molecular complexity index is 262. The molecule has 0 aliphatic carbocycles. The zero-order valence-corrected chi connectivity index (χ0v) is 6.34. The van der Waals surface area contributed by atoms with Crippen molar-refractivity contribution in [2.24, 2.45) is 5.18 Å². The number of aromatic nitrogens is 1. The van der Waals surface area contributed by atoms with Gasteiger partial charge in [-0.3, -0.25) is 10.4 Å². The van der Waals surface area contributed by atoms with Gasteiger partial charge in [-0.2, -0.15) is 0 Å². The normalized spacial score (nSPS) is 9.09. The second-order valence-electron chi connectivity index (χ2n) is 1.68. The number of nitroso groups, excluding NO2 is 1. The fraction of sp³-hybridized carbons (Fsp3) is 0. The molecule has 56 valence electrons. The Morgan fingerprint density at radius 1 is 1.55 bits per heavy atom. The third-order valence-electron chi connectivity index (χ3n) is 0.947. The number of amidine groups is 1. The minimum Gasteiger partial charge on any atom is -0.274 e. The lowest BCUT2D eigenvalue weighted by Gasteiger charge is -1.92. The summed E-state index contributed by atoms with van der Waals surface area (Å²) >= 11 is 1.01. The predicted molar refractivity (Wildman–Crippen MR) is 43.6 cm³/mol. The summed E-state index contributed by atoms with van der Waals surface area (Å²) in [6.07, 6.45) is 3.20. The van der Waals surface area contributed by atoms with Crippen molar-refractivity contribution in [1.29, 1.82) is 5.41 Å². The van der Waals surface area contributed by atoms with E-state index in [1.54, 1.807) is 24.5 Å². The van der Waals surface area contributed by atoms with Crippen molar-refractivity contribution in [2.45, 2.75) is 4.90 Å². The van der Waals surface area contributed by atoms with Gasteiger partial charge >= 0.3 is 0 Å². The standard InChI is InChI=1S/C6H5N3OS/c7-6(9-10)11-5-1-3-8-4-2-5/h1-4,7H. The first-order chi connectivity index (χ1) is 5.33. The van der Waals surface area contributed by atoms with Crippen molar-refractivity contribution in [3.63, 3.8) is 0 Å². The number of hydrogen-bond acceptors (Lipinski definition) is 4. The van der Waals surface area contributed by atoms with E-state index in [4.69, 9.17) is 5.41 Å². The molecular formula is C6H5N3OS. The van der Waals surface area contributed by atoms with E-state index in [2.05, 4.69) is 10.2 Å². The van der Waals surface area contributed by atoms with Crippen LogP contribution in [0, 0.1) is 10.3 Å². The Morgan fingerprint density at radius 2 is 2.18 bits per heavy atom. The Morgan fingerprint density at radius 3 is 2.73 bits per heavy atom. The van der Waals surface area contributed by atoms with Crippen LogP contribution in [-0.4, -0.2) is 10.2 Å². The molecule has 0 amide bonds. The van der Waals surface area contributed by atoms with Crippen LogP contribution in [0.15, 0.2) is 34.6 Å². The van der Waals surface area contributed by atoms with E-state index >= 15 is 0 Å². The lowest BCUT2D eigenvalue weighted by molar-refractivity contribution is 1.27. The van der Waals surface area contributed by atoms with Crippen LogP contribution in [0.3, 0.4) is 0 Å². The van der Waals surface area contributed by atoms with Crippen LogP contribution in [0.25, 0.3) is 0 Å². The first kappa shape index (κ1) is 7.87. The van der Waals surface area contributed by atoms with Gasteiger partial charge in [0.2, 0.25) is 5.17 Å². The van der Waals surface area contributed by atoms with Gasteiger partial charge in [0.1, 0.15) is 0 Å². The summed E-state index contributed by atoms with van der Waals surface area (Å²) in [5.41, 5.74) is 0. The molecule has 0 atom stereocenters. The van der Waals surface area contributed by atoms with Crippen molar-refractivity contribution in [3.8, 4) is 0 Å². The lowest BCUT2D eigenvalue weighted by Crippen LogP contribution is -1.81. The minimum atomic E-state index is -0.240. The summed E-state index contributed by atoms with van der Waals surface area (Å²) in [5, 5.41) is 9.16. The molecule has 1 rings (SSSR count). The minimum absolute atomic E-state index is 0.240. The molecule has 0 saturated heterocycles. The third kappa shape index (κ3) is 2.46. The Labute approximate surface area is 67.5 Å². The summed E-state index contributed by atoms with van der Waals surface area (Å²) in [5.74, 6) is 0. The van der Waals surface area contributed by atoms with Crippen molar-refractivity contribution in [2.75, 3.05) is 0 Å². The second-order valence-corrected chi connectivity index (χ2v) is 2.74. The van der Waals surface area contributed by atoms with Crippen molar-refractivity contribution in [1.82, 2.24) is 4.98 Å². The maximum Gasteiger partial charge on any atom is 0.228 e. The van der Waals surface area contributed by atoms with Gasteiger partial charge in [-0.25, -0.2) is 0 Å². The molecule has 0 fully saturated rings. The largest absolute Gasteiger partial charge is 0.274 e. The van der Waals surface area contributed by atoms with Crippen molar-refractivity contribution < 1.29 is 0 Å². The maximum absolute atomic E-state index is 9.80. The molecule has 1 N–H and O–H groups in total. The highest BCUT2D eigenvalue weighted by atomic mass is 32.2. The smallest absolute Gasteiger partial charge is 0.228 e. The molecule has 0 aliphatic heterocycles. The summed E-state index contributed by atoms with van der Waals surface area (Å²) in [7, 11) is 0. The number of nitrogens with zero attached hydrogens (tertiary/aromatic N) is 2. The molecule has 0 radical (unpaired) electrons. The Kier molecular flexibility index (Phi) is 2.74. The Hall–Kier alpha value is -1.23. The van der Waals surface area contributed by atoms with Crippen LogP contribution >= 0.6 is 11.8 Å². The number of thioether (sulfide) groups is 1. The summed E-state index contributed by atoms with van der Waals surface area (Å²) in [4.78, 5) is 14.4. The van der Waals surface area contributed by atoms with Crippen LogP contribution in [0.4, 0.5) is 0 Å². The molecule has 4 nitrogen and oxygen atoms in total. The SMILES string of the molecule is N=C(N=O)Sc1ccncc1. The topological polar surface area (TPSA) is 66.2 Å². The van der Waals surface area contributed by atoms with Gasteiger partial charge in [0.05, 0.1) is 0 Å². The second kappa shape index (κ2) is 3.82. The van der Waals surface area contributed by atoms with Crippen LogP contribution in [0.5, 0.6) is 0 Å². The van der Waals surface area contributed by atoms with E-state index in [0.29, 0.717) is 0 Å². The summed E-state index contributed by atoms with van der Waals surface area (Å²) in [6, 6.07) is 3.43. The molecule has 0 aliphatic rings. The zero-order chi connectivity index (χ0) is 8.10. The molecule has 1 aromatic heterocycles. The van der Waals surface area contributed by atoms with Gasteiger partial charge in [0.15, 0.2) is 0 Å². The van der Waals surface area contributed by atoms with Gasteiger partial charge < -0.3 is 0 Å². The van der Waals surface area contributed by atoms with Gasteiger partial charge in [0, 0.05) is 17.3 Å². The van der Waals surface area contributed by atoms with Gasteiger partial charge in [-0.05, 0) is 29.1 Å². The van der Waals surface area contributed by atoms with Crippen LogP contribution in [-0.2, 0) is 0 Å². The highest BCUT2D eigenvalue weighted by Gasteiger charge is 1.97. The zero-order valence-electron chi connectivity index (χ0n) is 5.52. The average Bonchev–Trinajstić information content (AvgIpc) is 2.06. The fourth-order valence-electron chi connectivity index (χ4n) is 0.537. The van der Waals surface area contributed by atoms with Crippen LogP contribution in [0.1, 0.15) is 0 Å². The third-order valence-corrected chi connectivity index (χ3v) is 1.72. The van der Waals surface area contributed by atoms with E-state index in [-0.39, 0.29) is 5.17 Å². The molecule has 1 heterocycles. The van der Waals surface area contributed by atoms with Gasteiger partial charge in [-0.1, -0.05) is 0 Å². The van der Waals surface area contributed by atoms with Gasteiger partial charge in [-0.15, -0.1) is 4.91 Å². The first-order valence-corrected chi connectivity index (χ1v) is 3.64. The average molecular weight is 167 g/mol. The molecule has 0 unspecified atom stereocenters. The number of hydrogen-bond donors (Lipinski definition) is 1. The highest BCUT2D eigenvalue weighted by molar-refractivity contribution is 8.13. The van der Waals surface area contributed by atoms with E-state index in [1.807, 2.05) is 0 Å². The van der Waals surface area contributed by atoms with E-state index in [0.717, 1.165) is 16.7 Å². The van der Waals surface area contributed by atoms with Crippen LogP contribution in [0.2, 0.25) is 0 Å². The number of rotatable bonds is 1. The molecule has 0 spiro atoms. The lowest BCUT2D eigenvalue weighted by atomic mass is 10.5. The molecule has 0 bridgehead atoms. The summed E-state index contributed by atoms with van der Waals surface area (Å²) in [6.45, 7) is 0. The molecule has 0 aromatic carbocycles. The fourth-order valence-corrected chi connectivity index (χ4v) is 1.05. The predicted octanol–water partition coefficient (Wildman–Crippen LogP) is 1.87. The Balaban J connectivity index is 2.65. The quantitative estimate of drug-likeness (QED) is 0.300. The number of nitrogens with one attached hydrogen (secondary N) is 1. The van der Waals surface area contributed by atoms with Crippen molar-refractivity contribution in [3.05, 3.63) is 29.4 Å². The van der Waals surface area contributed by atoms with Crippen molar-refractivity contribution >= 4 is 16.9 Å². The molecule has 5 heteroatoms. The van der Waals surface area contributed by atoms with E-state index in [1.165, 1.54) is 0 Å². The van der Waals surface area contributed by atoms with Crippen LogP contribution < -0.4 is 0 Å². The monoisotopic (exact) mass is 167 g/mol. The number of pyridine rings is 1. The summed E-state index contributed by atoms with van der Waals surface area (Å²) < 4.78 is 0. The maximum atomic E-state index is 9.80. The molecule has 11 heavy (non-hydrogen) atoms. The van der Waals surface area contributed by atoms with Gasteiger partial charge in [0.25, 0.3) is 0 Å². The molecule has 1 aromatic rings. The molecule has 0 saturated carbocycles. The first-order valence-electron chi connectivity index (χ1n) is 2.82. The van der Waals surface area contributed by atoms with E-state index in [9.17, 15) is 4.91 Å².